The normalized spacial score (nSPS) is 11.8. The minimum atomic E-state index is -0.992. The standard InChI is InChI=1S/C25H21NO4/c1-16-19-12-7-9-15-22(19)30-23(16)25(28)29-17(2)24(27)26-21-14-8-6-13-20(21)18-10-4-3-5-11-18/h3-15,17H,1-2H3,(H,26,27)/t17-/m0/s1. The van der Waals surface area contributed by atoms with Crippen LogP contribution in [0.25, 0.3) is 22.1 Å². The summed E-state index contributed by atoms with van der Waals surface area (Å²) in [5, 5.41) is 3.71. The fourth-order valence-corrected chi connectivity index (χ4v) is 3.33. The van der Waals surface area contributed by atoms with Crippen molar-refractivity contribution in [1.82, 2.24) is 0 Å². The van der Waals surface area contributed by atoms with Crippen molar-refractivity contribution in [3.63, 3.8) is 0 Å². The van der Waals surface area contributed by atoms with Crippen molar-refractivity contribution < 1.29 is 18.7 Å². The van der Waals surface area contributed by atoms with E-state index in [-0.39, 0.29) is 5.76 Å². The first kappa shape index (κ1) is 19.5. The largest absolute Gasteiger partial charge is 0.449 e. The van der Waals surface area contributed by atoms with Crippen molar-refractivity contribution in [2.45, 2.75) is 20.0 Å². The van der Waals surface area contributed by atoms with E-state index in [1.54, 1.807) is 13.0 Å². The summed E-state index contributed by atoms with van der Waals surface area (Å²) in [4.78, 5) is 25.3. The van der Waals surface area contributed by atoms with Crippen LogP contribution in [0.2, 0.25) is 0 Å². The molecule has 1 atom stereocenters. The third-order valence-corrected chi connectivity index (χ3v) is 4.95. The van der Waals surface area contributed by atoms with Crippen molar-refractivity contribution in [3.05, 3.63) is 90.2 Å². The Bertz CT molecular complexity index is 1210. The summed E-state index contributed by atoms with van der Waals surface area (Å²) in [6.07, 6.45) is -0.992. The molecule has 0 aliphatic heterocycles. The molecule has 1 heterocycles. The molecule has 30 heavy (non-hydrogen) atoms. The Morgan fingerprint density at radius 3 is 2.33 bits per heavy atom. The Morgan fingerprint density at radius 2 is 1.57 bits per heavy atom. The lowest BCUT2D eigenvalue weighted by atomic mass is 10.0. The number of anilines is 1. The number of hydrogen-bond acceptors (Lipinski definition) is 4. The van der Waals surface area contributed by atoms with E-state index in [0.29, 0.717) is 16.8 Å². The lowest BCUT2D eigenvalue weighted by Gasteiger charge is -2.15. The van der Waals surface area contributed by atoms with Crippen LogP contribution in [0.3, 0.4) is 0 Å². The van der Waals surface area contributed by atoms with Crippen molar-refractivity contribution in [2.75, 3.05) is 5.32 Å². The number of carbonyl (C=O) groups is 2. The number of aryl methyl sites for hydroxylation is 1. The van der Waals surface area contributed by atoms with E-state index in [1.807, 2.05) is 72.8 Å². The molecule has 4 aromatic rings. The van der Waals surface area contributed by atoms with Gasteiger partial charge in [-0.3, -0.25) is 4.79 Å². The molecule has 5 nitrogen and oxygen atoms in total. The van der Waals surface area contributed by atoms with Gasteiger partial charge in [0, 0.05) is 22.2 Å². The number of nitrogens with one attached hydrogen (secondary N) is 1. The van der Waals surface area contributed by atoms with Crippen LogP contribution in [0.15, 0.2) is 83.3 Å². The van der Waals surface area contributed by atoms with Gasteiger partial charge in [0.15, 0.2) is 6.10 Å². The van der Waals surface area contributed by atoms with Crippen LogP contribution in [0.5, 0.6) is 0 Å². The van der Waals surface area contributed by atoms with Crippen LogP contribution in [0.4, 0.5) is 5.69 Å². The van der Waals surface area contributed by atoms with Crippen LogP contribution in [-0.4, -0.2) is 18.0 Å². The maximum Gasteiger partial charge on any atom is 0.375 e. The van der Waals surface area contributed by atoms with Crippen molar-refractivity contribution in [3.8, 4) is 11.1 Å². The summed E-state index contributed by atoms with van der Waals surface area (Å²) in [6, 6.07) is 24.6. The predicted octanol–water partition coefficient (Wildman–Crippen LogP) is 5.59. The summed E-state index contributed by atoms with van der Waals surface area (Å²) >= 11 is 0. The number of amides is 1. The highest BCUT2D eigenvalue weighted by Crippen LogP contribution is 2.28. The average Bonchev–Trinajstić information content (AvgIpc) is 3.11. The maximum absolute atomic E-state index is 12.7. The van der Waals surface area contributed by atoms with Gasteiger partial charge in [-0.1, -0.05) is 66.7 Å². The lowest BCUT2D eigenvalue weighted by Crippen LogP contribution is -2.30. The molecule has 0 unspecified atom stereocenters. The molecule has 0 saturated carbocycles. The molecule has 0 spiro atoms. The minimum Gasteiger partial charge on any atom is -0.449 e. The van der Waals surface area contributed by atoms with E-state index in [1.165, 1.54) is 6.92 Å². The maximum atomic E-state index is 12.7. The minimum absolute atomic E-state index is 0.112. The van der Waals surface area contributed by atoms with Crippen molar-refractivity contribution >= 4 is 28.5 Å². The molecule has 0 saturated heterocycles. The molecule has 5 heteroatoms. The summed E-state index contributed by atoms with van der Waals surface area (Å²) in [5.41, 5.74) is 3.82. The average molecular weight is 399 g/mol. The smallest absolute Gasteiger partial charge is 0.375 e. The molecule has 150 valence electrons. The zero-order chi connectivity index (χ0) is 21.1. The predicted molar refractivity (Wildman–Crippen MR) is 116 cm³/mol. The number of hydrogen-bond donors (Lipinski definition) is 1. The van der Waals surface area contributed by atoms with Gasteiger partial charge in [-0.25, -0.2) is 4.79 Å². The van der Waals surface area contributed by atoms with Gasteiger partial charge in [0.1, 0.15) is 5.58 Å². The van der Waals surface area contributed by atoms with Gasteiger partial charge >= 0.3 is 5.97 Å². The molecular formula is C25H21NO4. The van der Waals surface area contributed by atoms with E-state index < -0.39 is 18.0 Å². The first-order valence-corrected chi connectivity index (χ1v) is 9.69. The number of para-hydroxylation sites is 2. The van der Waals surface area contributed by atoms with Gasteiger partial charge in [-0.05, 0) is 31.5 Å². The number of benzene rings is 3. The van der Waals surface area contributed by atoms with Crippen molar-refractivity contribution in [2.24, 2.45) is 0 Å². The fraction of sp³-hybridized carbons (Fsp3) is 0.120. The van der Waals surface area contributed by atoms with Gasteiger partial charge in [-0.2, -0.15) is 0 Å². The summed E-state index contributed by atoms with van der Waals surface area (Å²) in [6.45, 7) is 3.33. The Morgan fingerprint density at radius 1 is 0.900 bits per heavy atom. The molecule has 1 N–H and O–H groups in total. The van der Waals surface area contributed by atoms with E-state index in [2.05, 4.69) is 5.32 Å². The number of rotatable bonds is 5. The molecular weight excluding hydrogens is 378 g/mol. The van der Waals surface area contributed by atoms with Crippen LogP contribution in [-0.2, 0) is 9.53 Å². The third kappa shape index (κ3) is 3.82. The Balaban J connectivity index is 1.50. The highest BCUT2D eigenvalue weighted by atomic mass is 16.6. The quantitative estimate of drug-likeness (QED) is 0.444. The highest BCUT2D eigenvalue weighted by Gasteiger charge is 2.24. The molecule has 0 bridgehead atoms. The highest BCUT2D eigenvalue weighted by molar-refractivity contribution is 6.01. The second-order valence-electron chi connectivity index (χ2n) is 7.00. The topological polar surface area (TPSA) is 68.5 Å². The van der Waals surface area contributed by atoms with Gasteiger partial charge in [-0.15, -0.1) is 0 Å². The zero-order valence-corrected chi connectivity index (χ0v) is 16.7. The number of ether oxygens (including phenoxy) is 1. The zero-order valence-electron chi connectivity index (χ0n) is 16.7. The van der Waals surface area contributed by atoms with Gasteiger partial charge in [0.2, 0.25) is 5.76 Å². The monoisotopic (exact) mass is 399 g/mol. The SMILES string of the molecule is Cc1c(C(=O)O[C@@H](C)C(=O)Nc2ccccc2-c2ccccc2)oc2ccccc12. The molecule has 0 aliphatic rings. The van der Waals surface area contributed by atoms with E-state index >= 15 is 0 Å². The van der Waals surface area contributed by atoms with Gasteiger partial charge < -0.3 is 14.5 Å². The van der Waals surface area contributed by atoms with Gasteiger partial charge in [0.25, 0.3) is 5.91 Å². The Kier molecular flexibility index (Phi) is 5.35. The number of esters is 1. The first-order valence-electron chi connectivity index (χ1n) is 9.69. The molecule has 1 amide bonds. The Labute approximate surface area is 174 Å². The third-order valence-electron chi connectivity index (χ3n) is 4.95. The molecule has 1 aromatic heterocycles. The van der Waals surface area contributed by atoms with Crippen LogP contribution in [0, 0.1) is 6.92 Å². The summed E-state index contributed by atoms with van der Waals surface area (Å²) in [7, 11) is 0. The van der Waals surface area contributed by atoms with Crippen LogP contribution >= 0.6 is 0 Å². The van der Waals surface area contributed by atoms with E-state index in [9.17, 15) is 9.59 Å². The Hall–Kier alpha value is -3.86. The first-order chi connectivity index (χ1) is 14.5. The molecule has 3 aromatic carbocycles. The molecule has 4 rings (SSSR count). The second-order valence-corrected chi connectivity index (χ2v) is 7.00. The molecule has 0 radical (unpaired) electrons. The number of carbonyl (C=O) groups excluding carboxylic acids is 2. The van der Waals surface area contributed by atoms with Crippen molar-refractivity contribution in [1.29, 1.82) is 0 Å². The number of fused-ring (bicyclic) bond motifs is 1. The molecule has 0 fully saturated rings. The molecule has 0 aliphatic carbocycles. The van der Waals surface area contributed by atoms with Crippen LogP contribution < -0.4 is 5.32 Å². The van der Waals surface area contributed by atoms with Crippen LogP contribution in [0.1, 0.15) is 23.0 Å². The summed E-state index contributed by atoms with van der Waals surface area (Å²) in [5.74, 6) is -0.969. The summed E-state index contributed by atoms with van der Waals surface area (Å²) < 4.78 is 11.0. The fourth-order valence-electron chi connectivity index (χ4n) is 3.33. The number of furan rings is 1. The second kappa shape index (κ2) is 8.25. The van der Waals surface area contributed by atoms with E-state index in [0.717, 1.165) is 16.5 Å². The van der Waals surface area contributed by atoms with E-state index in [4.69, 9.17) is 9.15 Å². The van der Waals surface area contributed by atoms with Gasteiger partial charge in [0.05, 0.1) is 0 Å². The lowest BCUT2D eigenvalue weighted by molar-refractivity contribution is -0.123.